The van der Waals surface area contributed by atoms with Crippen LogP contribution in [-0.4, -0.2) is 27.2 Å². The highest BCUT2D eigenvalue weighted by atomic mass is 16.5. The molecule has 130 valence electrons. The van der Waals surface area contributed by atoms with Crippen LogP contribution in [0.4, 0.5) is 0 Å². The Kier molecular flexibility index (Phi) is 4.69. The van der Waals surface area contributed by atoms with Crippen molar-refractivity contribution in [2.45, 2.75) is 63.8 Å². The molecule has 0 unspecified atom stereocenters. The van der Waals surface area contributed by atoms with E-state index in [4.69, 9.17) is 4.74 Å². The van der Waals surface area contributed by atoms with Crippen molar-refractivity contribution in [2.24, 2.45) is 5.92 Å². The molecule has 2 fully saturated rings. The summed E-state index contributed by atoms with van der Waals surface area (Å²) in [5.41, 5.74) is 0.820. The minimum absolute atomic E-state index is 0.104. The zero-order chi connectivity index (χ0) is 16.4. The maximum Gasteiger partial charge on any atom is 0.276 e. The maximum absolute atomic E-state index is 12.9. The molecule has 0 radical (unpaired) electrons. The largest absolute Gasteiger partial charge is 0.381 e. The zero-order valence-corrected chi connectivity index (χ0v) is 14.3. The van der Waals surface area contributed by atoms with E-state index < -0.39 is 0 Å². The van der Waals surface area contributed by atoms with Gasteiger partial charge in [0.15, 0.2) is 0 Å². The summed E-state index contributed by atoms with van der Waals surface area (Å²) < 4.78 is 9.35. The Bertz CT molecular complexity index is 735. The molecule has 0 spiro atoms. The third-order valence-electron chi connectivity index (χ3n) is 5.72. The molecular formula is C19H27N3O2. The molecule has 0 aromatic carbocycles. The molecule has 24 heavy (non-hydrogen) atoms. The molecule has 0 N–H and O–H groups in total. The van der Waals surface area contributed by atoms with Gasteiger partial charge in [-0.2, -0.15) is 0 Å². The van der Waals surface area contributed by atoms with Crippen molar-refractivity contribution >= 4 is 5.52 Å². The van der Waals surface area contributed by atoms with E-state index in [0.29, 0.717) is 17.4 Å². The van der Waals surface area contributed by atoms with Crippen LogP contribution in [0.1, 0.15) is 63.1 Å². The van der Waals surface area contributed by atoms with Crippen molar-refractivity contribution in [1.29, 1.82) is 0 Å². The molecule has 4 rings (SSSR count). The summed E-state index contributed by atoms with van der Waals surface area (Å²) in [6.07, 6.45) is 15.6. The Hall–Kier alpha value is -1.62. The van der Waals surface area contributed by atoms with Gasteiger partial charge in [0.25, 0.3) is 5.56 Å². The molecule has 1 saturated carbocycles. The fraction of sp³-hybridized carbons (Fsp3) is 0.684. The van der Waals surface area contributed by atoms with Crippen molar-refractivity contribution in [3.8, 4) is 0 Å². The molecular weight excluding hydrogens is 302 g/mol. The number of nitrogens with zero attached hydrogens (tertiary/aromatic N) is 3. The summed E-state index contributed by atoms with van der Waals surface area (Å²) >= 11 is 0. The second-order valence-corrected chi connectivity index (χ2v) is 7.37. The number of imidazole rings is 1. The van der Waals surface area contributed by atoms with Gasteiger partial charge in [-0.15, -0.1) is 0 Å². The average Bonchev–Trinajstić information content (AvgIpc) is 2.89. The van der Waals surface area contributed by atoms with Crippen LogP contribution in [0.2, 0.25) is 0 Å². The molecule has 5 nitrogen and oxygen atoms in total. The van der Waals surface area contributed by atoms with E-state index in [9.17, 15) is 4.79 Å². The van der Waals surface area contributed by atoms with Gasteiger partial charge < -0.3 is 9.30 Å². The third-order valence-corrected chi connectivity index (χ3v) is 5.72. The van der Waals surface area contributed by atoms with Gasteiger partial charge in [0.1, 0.15) is 11.3 Å². The first-order valence-electron chi connectivity index (χ1n) is 9.47. The van der Waals surface area contributed by atoms with Crippen LogP contribution < -0.4 is 5.56 Å². The quantitative estimate of drug-likeness (QED) is 0.811. The van der Waals surface area contributed by atoms with Crippen LogP contribution in [-0.2, 0) is 11.3 Å². The standard InChI is InChI=1S/C19H27N3O2/c23-19-17-13-20-18(16-7-11-24-12-8-16)22(17)10-9-21(19)14-15-5-3-1-2-4-6-15/h9-10,13,15-16H,1-8,11-12,14H2. The summed E-state index contributed by atoms with van der Waals surface area (Å²) in [5, 5.41) is 0. The van der Waals surface area contributed by atoms with Gasteiger partial charge in [-0.05, 0) is 31.6 Å². The summed E-state index contributed by atoms with van der Waals surface area (Å²) in [4.78, 5) is 17.4. The first-order chi connectivity index (χ1) is 11.8. The number of rotatable bonds is 3. The molecule has 2 aromatic rings. The molecule has 1 aliphatic heterocycles. The van der Waals surface area contributed by atoms with E-state index in [2.05, 4.69) is 4.98 Å². The minimum Gasteiger partial charge on any atom is -0.381 e. The molecule has 0 atom stereocenters. The normalized spacial score (nSPS) is 21.2. The number of hydrogen-bond acceptors (Lipinski definition) is 3. The molecule has 0 amide bonds. The molecule has 1 aliphatic carbocycles. The molecule has 2 aliphatic rings. The van der Waals surface area contributed by atoms with Gasteiger partial charge in [0.05, 0.1) is 6.20 Å². The Morgan fingerprint density at radius 1 is 1.04 bits per heavy atom. The van der Waals surface area contributed by atoms with Crippen molar-refractivity contribution < 1.29 is 4.74 Å². The van der Waals surface area contributed by atoms with E-state index in [0.717, 1.165) is 38.4 Å². The van der Waals surface area contributed by atoms with Crippen molar-refractivity contribution in [3.63, 3.8) is 0 Å². The third kappa shape index (κ3) is 3.14. The second kappa shape index (κ2) is 7.09. The lowest BCUT2D eigenvalue weighted by molar-refractivity contribution is 0.0835. The van der Waals surface area contributed by atoms with Gasteiger partial charge in [0.2, 0.25) is 0 Å². The van der Waals surface area contributed by atoms with E-state index in [1.54, 1.807) is 6.20 Å². The van der Waals surface area contributed by atoms with Crippen molar-refractivity contribution in [2.75, 3.05) is 13.2 Å². The smallest absolute Gasteiger partial charge is 0.276 e. The van der Waals surface area contributed by atoms with Crippen LogP contribution >= 0.6 is 0 Å². The Morgan fingerprint density at radius 2 is 1.79 bits per heavy atom. The Labute approximate surface area is 142 Å². The monoisotopic (exact) mass is 329 g/mol. The van der Waals surface area contributed by atoms with Gasteiger partial charge in [0, 0.05) is 38.1 Å². The molecule has 2 aromatic heterocycles. The number of hydrogen-bond donors (Lipinski definition) is 0. The fourth-order valence-electron chi connectivity index (χ4n) is 4.28. The summed E-state index contributed by atoms with van der Waals surface area (Å²) in [6.45, 7) is 2.43. The van der Waals surface area contributed by atoms with Gasteiger partial charge in [-0.25, -0.2) is 4.98 Å². The summed E-state index contributed by atoms with van der Waals surface area (Å²) in [6, 6.07) is 0. The van der Waals surface area contributed by atoms with Crippen LogP contribution in [0, 0.1) is 5.92 Å². The van der Waals surface area contributed by atoms with Gasteiger partial charge in [-0.1, -0.05) is 25.7 Å². The first kappa shape index (κ1) is 15.9. The zero-order valence-electron chi connectivity index (χ0n) is 14.3. The highest BCUT2D eigenvalue weighted by Gasteiger charge is 2.21. The predicted octanol–water partition coefficient (Wildman–Crippen LogP) is 3.36. The Morgan fingerprint density at radius 3 is 2.54 bits per heavy atom. The van der Waals surface area contributed by atoms with E-state index in [1.165, 1.54) is 38.5 Å². The maximum atomic E-state index is 12.9. The first-order valence-corrected chi connectivity index (χ1v) is 9.47. The SMILES string of the molecule is O=c1c2cnc(C3CCOCC3)n2ccn1CC1CCCCCC1. The van der Waals surface area contributed by atoms with E-state index >= 15 is 0 Å². The predicted molar refractivity (Wildman–Crippen MR) is 93.4 cm³/mol. The number of fused-ring (bicyclic) bond motifs is 1. The van der Waals surface area contributed by atoms with Crippen LogP contribution in [0.25, 0.3) is 5.52 Å². The molecule has 3 heterocycles. The molecule has 5 heteroatoms. The lowest BCUT2D eigenvalue weighted by atomic mass is 9.99. The number of aromatic nitrogens is 3. The highest BCUT2D eigenvalue weighted by molar-refractivity contribution is 5.44. The lowest BCUT2D eigenvalue weighted by Gasteiger charge is -2.21. The minimum atomic E-state index is 0.104. The summed E-state index contributed by atoms with van der Waals surface area (Å²) in [7, 11) is 0. The van der Waals surface area contributed by atoms with Crippen molar-refractivity contribution in [1.82, 2.24) is 14.0 Å². The van der Waals surface area contributed by atoms with Crippen LogP contribution in [0.5, 0.6) is 0 Å². The lowest BCUT2D eigenvalue weighted by Crippen LogP contribution is -2.25. The fourth-order valence-corrected chi connectivity index (χ4v) is 4.28. The van der Waals surface area contributed by atoms with E-state index in [1.807, 2.05) is 21.4 Å². The highest BCUT2D eigenvalue weighted by Crippen LogP contribution is 2.26. The average molecular weight is 329 g/mol. The van der Waals surface area contributed by atoms with Crippen LogP contribution in [0.3, 0.4) is 0 Å². The van der Waals surface area contributed by atoms with Gasteiger partial charge >= 0.3 is 0 Å². The Balaban J connectivity index is 1.60. The second-order valence-electron chi connectivity index (χ2n) is 7.37. The molecule has 0 bridgehead atoms. The number of ether oxygens (including phenoxy) is 1. The van der Waals surface area contributed by atoms with Crippen LogP contribution in [0.15, 0.2) is 23.4 Å². The van der Waals surface area contributed by atoms with Gasteiger partial charge in [-0.3, -0.25) is 9.20 Å². The molecule has 1 saturated heterocycles. The van der Waals surface area contributed by atoms with Crippen molar-refractivity contribution in [3.05, 3.63) is 34.8 Å². The van der Waals surface area contributed by atoms with E-state index in [-0.39, 0.29) is 5.56 Å². The summed E-state index contributed by atoms with van der Waals surface area (Å²) in [5.74, 6) is 2.07. The topological polar surface area (TPSA) is 48.5 Å².